The van der Waals surface area contributed by atoms with Gasteiger partial charge in [0.25, 0.3) is 5.91 Å². The highest BCUT2D eigenvalue weighted by Gasteiger charge is 2.15. The van der Waals surface area contributed by atoms with Gasteiger partial charge in [-0.25, -0.2) is 4.98 Å². The molecule has 0 fully saturated rings. The van der Waals surface area contributed by atoms with Crippen molar-refractivity contribution in [2.24, 2.45) is 0 Å². The van der Waals surface area contributed by atoms with Crippen molar-refractivity contribution < 1.29 is 4.79 Å². The lowest BCUT2D eigenvalue weighted by Crippen LogP contribution is -2.27. The molecular weight excluding hydrogens is 254 g/mol. The van der Waals surface area contributed by atoms with Gasteiger partial charge in [0.2, 0.25) is 0 Å². The monoisotopic (exact) mass is 271 g/mol. The van der Waals surface area contributed by atoms with Crippen molar-refractivity contribution in [2.75, 3.05) is 23.8 Å². The van der Waals surface area contributed by atoms with Gasteiger partial charge in [0.1, 0.15) is 11.5 Å². The minimum Gasteiger partial charge on any atom is -0.369 e. The Hall–Kier alpha value is -2.50. The zero-order valence-corrected chi connectivity index (χ0v) is 11.6. The molecular formula is C14H17N5O. The molecule has 2 heterocycles. The largest absolute Gasteiger partial charge is 0.369 e. The maximum Gasteiger partial charge on any atom is 0.278 e. The van der Waals surface area contributed by atoms with Gasteiger partial charge in [0.05, 0.1) is 24.3 Å². The predicted octanol–water partition coefficient (Wildman–Crippen LogP) is 1.97. The van der Waals surface area contributed by atoms with Crippen molar-refractivity contribution in [1.82, 2.24) is 15.0 Å². The molecule has 0 radical (unpaired) electrons. The molecule has 0 spiro atoms. The Balaban J connectivity index is 2.16. The smallest absolute Gasteiger partial charge is 0.278 e. The lowest BCUT2D eigenvalue weighted by atomic mass is 10.3. The van der Waals surface area contributed by atoms with Gasteiger partial charge in [-0.3, -0.25) is 14.8 Å². The summed E-state index contributed by atoms with van der Waals surface area (Å²) < 4.78 is 0. The van der Waals surface area contributed by atoms with Crippen LogP contribution in [0, 0.1) is 0 Å². The summed E-state index contributed by atoms with van der Waals surface area (Å²) in [5.74, 6) is 0.392. The van der Waals surface area contributed by atoms with E-state index >= 15 is 0 Å². The van der Waals surface area contributed by atoms with Gasteiger partial charge in [0.15, 0.2) is 0 Å². The van der Waals surface area contributed by atoms with Crippen LogP contribution in [0.15, 0.2) is 36.9 Å². The van der Waals surface area contributed by atoms with E-state index in [1.165, 1.54) is 11.1 Å². The zero-order chi connectivity index (χ0) is 14.4. The van der Waals surface area contributed by atoms with Crippen LogP contribution in [0.1, 0.15) is 23.8 Å². The van der Waals surface area contributed by atoms with E-state index in [9.17, 15) is 4.79 Å². The van der Waals surface area contributed by atoms with Crippen molar-refractivity contribution in [3.05, 3.63) is 42.6 Å². The van der Waals surface area contributed by atoms with Crippen molar-refractivity contribution in [3.8, 4) is 0 Å². The van der Waals surface area contributed by atoms with E-state index in [1.54, 1.807) is 31.7 Å². The van der Waals surface area contributed by atoms with Crippen LogP contribution in [0.4, 0.5) is 11.5 Å². The Bertz CT molecular complexity index is 573. The van der Waals surface area contributed by atoms with Crippen LogP contribution >= 0.6 is 0 Å². The average Bonchev–Trinajstić information content (AvgIpc) is 2.52. The molecule has 1 N–H and O–H groups in total. The van der Waals surface area contributed by atoms with E-state index in [0.29, 0.717) is 17.2 Å². The van der Waals surface area contributed by atoms with Crippen LogP contribution in [0.5, 0.6) is 0 Å². The van der Waals surface area contributed by atoms with Crippen molar-refractivity contribution in [1.29, 1.82) is 0 Å². The number of amides is 1. The van der Waals surface area contributed by atoms with E-state index in [2.05, 4.69) is 27.2 Å². The molecule has 1 amide bonds. The molecule has 6 heteroatoms. The number of carbonyl (C=O) groups is 1. The summed E-state index contributed by atoms with van der Waals surface area (Å²) in [6.45, 7) is 2.86. The molecule has 6 nitrogen and oxygen atoms in total. The maximum absolute atomic E-state index is 12.3. The molecule has 2 aromatic rings. The molecule has 20 heavy (non-hydrogen) atoms. The summed E-state index contributed by atoms with van der Waals surface area (Å²) in [4.78, 5) is 26.2. The zero-order valence-electron chi connectivity index (χ0n) is 11.6. The fraction of sp³-hybridized carbons (Fsp3) is 0.286. The van der Waals surface area contributed by atoms with Crippen LogP contribution < -0.4 is 10.2 Å². The Kier molecular flexibility index (Phi) is 4.60. The minimum absolute atomic E-state index is 0.217. The Morgan fingerprint density at radius 3 is 2.85 bits per heavy atom. The second-order valence-corrected chi connectivity index (χ2v) is 4.29. The molecule has 104 valence electrons. The normalized spacial score (nSPS) is 10.1. The van der Waals surface area contributed by atoms with E-state index in [0.717, 1.165) is 13.0 Å². The van der Waals surface area contributed by atoms with E-state index < -0.39 is 0 Å². The van der Waals surface area contributed by atoms with E-state index in [4.69, 9.17) is 0 Å². The second-order valence-electron chi connectivity index (χ2n) is 4.29. The summed E-state index contributed by atoms with van der Waals surface area (Å²) in [7, 11) is 1.69. The number of carbonyl (C=O) groups excluding carboxylic acids is 1. The van der Waals surface area contributed by atoms with Gasteiger partial charge in [-0.05, 0) is 18.6 Å². The quantitative estimate of drug-likeness (QED) is 0.900. The van der Waals surface area contributed by atoms with Gasteiger partial charge < -0.3 is 10.2 Å². The summed E-state index contributed by atoms with van der Waals surface area (Å²) in [6.07, 6.45) is 7.35. The van der Waals surface area contributed by atoms with Crippen LogP contribution in [-0.2, 0) is 0 Å². The van der Waals surface area contributed by atoms with Gasteiger partial charge in [0, 0.05) is 19.8 Å². The number of nitrogens with zero attached hydrogens (tertiary/aromatic N) is 4. The number of pyridine rings is 1. The molecule has 0 saturated carbocycles. The molecule has 0 saturated heterocycles. The SMILES string of the molecule is CCCNc1cncc(C(=O)N(C)c2cccnc2)n1. The van der Waals surface area contributed by atoms with Crippen molar-refractivity contribution >= 4 is 17.4 Å². The molecule has 2 rings (SSSR count). The highest BCUT2D eigenvalue weighted by atomic mass is 16.2. The highest BCUT2D eigenvalue weighted by Crippen LogP contribution is 2.13. The summed E-state index contributed by atoms with van der Waals surface area (Å²) >= 11 is 0. The average molecular weight is 271 g/mol. The first-order valence-corrected chi connectivity index (χ1v) is 6.46. The molecule has 0 aliphatic carbocycles. The molecule has 0 aromatic carbocycles. The van der Waals surface area contributed by atoms with Crippen molar-refractivity contribution in [2.45, 2.75) is 13.3 Å². The Morgan fingerprint density at radius 2 is 2.15 bits per heavy atom. The summed E-state index contributed by atoms with van der Waals surface area (Å²) in [6, 6.07) is 3.60. The van der Waals surface area contributed by atoms with Crippen LogP contribution in [0.2, 0.25) is 0 Å². The van der Waals surface area contributed by atoms with Crippen LogP contribution in [-0.4, -0.2) is 34.5 Å². The molecule has 0 atom stereocenters. The van der Waals surface area contributed by atoms with E-state index in [-0.39, 0.29) is 5.91 Å². The van der Waals surface area contributed by atoms with Crippen LogP contribution in [0.25, 0.3) is 0 Å². The predicted molar refractivity (Wildman–Crippen MR) is 77.8 cm³/mol. The standard InChI is InChI=1S/C14H17N5O/c1-3-6-17-13-10-16-9-12(18-13)14(20)19(2)11-5-4-7-15-8-11/h4-5,7-10H,3,6H2,1-2H3,(H,17,18). The number of hydrogen-bond acceptors (Lipinski definition) is 5. The molecule has 0 unspecified atom stereocenters. The fourth-order valence-corrected chi connectivity index (χ4v) is 1.65. The van der Waals surface area contributed by atoms with Gasteiger partial charge in [-0.1, -0.05) is 6.92 Å². The van der Waals surface area contributed by atoms with E-state index in [1.807, 2.05) is 6.07 Å². The molecule has 0 aliphatic heterocycles. The van der Waals surface area contributed by atoms with Crippen LogP contribution in [0.3, 0.4) is 0 Å². The lowest BCUT2D eigenvalue weighted by molar-refractivity contribution is 0.0988. The molecule has 0 aliphatic rings. The second kappa shape index (κ2) is 6.60. The van der Waals surface area contributed by atoms with Gasteiger partial charge in [-0.15, -0.1) is 0 Å². The Morgan fingerprint density at radius 1 is 1.30 bits per heavy atom. The van der Waals surface area contributed by atoms with Crippen molar-refractivity contribution in [3.63, 3.8) is 0 Å². The number of anilines is 2. The third-order valence-electron chi connectivity index (χ3n) is 2.75. The number of aromatic nitrogens is 3. The maximum atomic E-state index is 12.3. The summed E-state index contributed by atoms with van der Waals surface area (Å²) in [5.41, 5.74) is 1.02. The summed E-state index contributed by atoms with van der Waals surface area (Å²) in [5, 5.41) is 3.11. The molecule has 2 aromatic heterocycles. The fourth-order valence-electron chi connectivity index (χ4n) is 1.65. The lowest BCUT2D eigenvalue weighted by Gasteiger charge is -2.16. The number of rotatable bonds is 5. The first-order chi connectivity index (χ1) is 9.72. The van der Waals surface area contributed by atoms with Gasteiger partial charge in [-0.2, -0.15) is 0 Å². The highest BCUT2D eigenvalue weighted by molar-refractivity contribution is 6.04. The topological polar surface area (TPSA) is 71.0 Å². The number of nitrogens with one attached hydrogen (secondary N) is 1. The first-order valence-electron chi connectivity index (χ1n) is 6.46. The number of hydrogen-bond donors (Lipinski definition) is 1. The van der Waals surface area contributed by atoms with Gasteiger partial charge >= 0.3 is 0 Å². The first kappa shape index (κ1) is 13.9. The Labute approximate surface area is 117 Å². The molecule has 0 bridgehead atoms. The minimum atomic E-state index is -0.217. The third-order valence-corrected chi connectivity index (χ3v) is 2.75. The third kappa shape index (κ3) is 3.28.